The second-order valence-electron chi connectivity index (χ2n) is 4.29. The Bertz CT molecular complexity index is 459. The van der Waals surface area contributed by atoms with Gasteiger partial charge in [0.25, 0.3) is 5.69 Å². The Kier molecular flexibility index (Phi) is 3.65. The molecule has 1 saturated heterocycles. The lowest BCUT2D eigenvalue weighted by Crippen LogP contribution is -2.50. The molecule has 0 bridgehead atoms. The molecule has 1 aromatic rings. The Labute approximate surface area is 108 Å². The molecule has 0 radical (unpaired) electrons. The highest BCUT2D eigenvalue weighted by molar-refractivity contribution is 6.33. The van der Waals surface area contributed by atoms with Crippen LogP contribution in [0.4, 0.5) is 11.5 Å². The molecule has 1 fully saturated rings. The Morgan fingerprint density at radius 2 is 2.39 bits per heavy atom. The van der Waals surface area contributed by atoms with Gasteiger partial charge in [-0.3, -0.25) is 10.1 Å². The molecule has 18 heavy (non-hydrogen) atoms. The van der Waals surface area contributed by atoms with Crippen molar-refractivity contribution in [3.8, 4) is 0 Å². The van der Waals surface area contributed by atoms with E-state index in [1.165, 1.54) is 6.07 Å². The minimum atomic E-state index is -0.558. The molecule has 0 spiro atoms. The molecule has 7 nitrogen and oxygen atoms in total. The first-order valence-corrected chi connectivity index (χ1v) is 5.66. The van der Waals surface area contributed by atoms with Crippen LogP contribution in [0.25, 0.3) is 0 Å². The summed E-state index contributed by atoms with van der Waals surface area (Å²) in [6.45, 7) is 1.40. The minimum Gasteiger partial charge on any atom is -0.396 e. The minimum absolute atomic E-state index is 0.00456. The van der Waals surface area contributed by atoms with E-state index in [4.69, 9.17) is 16.3 Å². The zero-order valence-corrected chi connectivity index (χ0v) is 10.2. The number of anilines is 1. The third kappa shape index (κ3) is 2.53. The topological polar surface area (TPSA) is 97.5 Å². The smallest absolute Gasteiger partial charge is 0.289 e. The van der Waals surface area contributed by atoms with Gasteiger partial charge in [0, 0.05) is 12.6 Å². The Morgan fingerprint density at radius 3 is 2.83 bits per heavy atom. The van der Waals surface area contributed by atoms with Crippen LogP contribution in [-0.4, -0.2) is 41.4 Å². The summed E-state index contributed by atoms with van der Waals surface area (Å²) in [5.41, 5.74) is -0.471. The highest BCUT2D eigenvalue weighted by atomic mass is 35.5. The van der Waals surface area contributed by atoms with Crippen molar-refractivity contribution in [2.24, 2.45) is 5.41 Å². The molecular formula is C10H12ClN3O4. The maximum atomic E-state index is 10.5. The fourth-order valence-electron chi connectivity index (χ4n) is 1.57. The van der Waals surface area contributed by atoms with Gasteiger partial charge in [0.2, 0.25) is 0 Å². The monoisotopic (exact) mass is 273 g/mol. The number of nitrogens with zero attached hydrogens (tertiary/aromatic N) is 2. The molecule has 1 aromatic heterocycles. The van der Waals surface area contributed by atoms with Gasteiger partial charge >= 0.3 is 0 Å². The van der Waals surface area contributed by atoms with Gasteiger partial charge in [-0.2, -0.15) is 0 Å². The van der Waals surface area contributed by atoms with Gasteiger partial charge in [0.05, 0.1) is 35.2 Å². The number of halogens is 1. The summed E-state index contributed by atoms with van der Waals surface area (Å²) in [6, 6.07) is 1.24. The number of ether oxygens (including phenoxy) is 1. The number of pyridine rings is 1. The Hall–Kier alpha value is -1.44. The van der Waals surface area contributed by atoms with E-state index in [-0.39, 0.29) is 22.7 Å². The van der Waals surface area contributed by atoms with Crippen molar-refractivity contribution in [3.63, 3.8) is 0 Å². The first kappa shape index (κ1) is 13.0. The van der Waals surface area contributed by atoms with Crippen LogP contribution in [0, 0.1) is 15.5 Å². The fraction of sp³-hybridized carbons (Fsp3) is 0.500. The van der Waals surface area contributed by atoms with E-state index in [1.54, 1.807) is 0 Å². The van der Waals surface area contributed by atoms with Crippen LogP contribution in [0.2, 0.25) is 5.02 Å². The van der Waals surface area contributed by atoms with Crippen molar-refractivity contribution < 1.29 is 14.8 Å². The highest BCUT2D eigenvalue weighted by Crippen LogP contribution is 2.29. The van der Waals surface area contributed by atoms with Crippen LogP contribution in [0.15, 0.2) is 12.3 Å². The molecule has 0 saturated carbocycles. The van der Waals surface area contributed by atoms with Gasteiger partial charge < -0.3 is 15.2 Å². The van der Waals surface area contributed by atoms with Crippen LogP contribution in [0.3, 0.4) is 0 Å². The second kappa shape index (κ2) is 5.05. The van der Waals surface area contributed by atoms with Crippen LogP contribution in [0.1, 0.15) is 0 Å². The zero-order valence-electron chi connectivity index (χ0n) is 9.43. The SMILES string of the molecule is O=[N+]([O-])c1cnc(NCC2(CO)COC2)c(Cl)c1. The first-order chi connectivity index (χ1) is 8.56. The molecule has 0 atom stereocenters. The molecule has 2 N–H and O–H groups in total. The summed E-state index contributed by atoms with van der Waals surface area (Å²) in [7, 11) is 0. The number of hydrogen-bond donors (Lipinski definition) is 2. The van der Waals surface area contributed by atoms with E-state index in [1.807, 2.05) is 0 Å². The van der Waals surface area contributed by atoms with Crippen LogP contribution in [-0.2, 0) is 4.74 Å². The molecule has 1 aliphatic rings. The summed E-state index contributed by atoms with van der Waals surface area (Å²) in [5.74, 6) is 0.363. The van der Waals surface area contributed by atoms with E-state index in [2.05, 4.69) is 10.3 Å². The number of nitrogens with one attached hydrogen (secondary N) is 1. The van der Waals surface area contributed by atoms with Crippen LogP contribution >= 0.6 is 11.6 Å². The van der Waals surface area contributed by atoms with Crippen molar-refractivity contribution in [1.82, 2.24) is 4.98 Å². The second-order valence-corrected chi connectivity index (χ2v) is 4.69. The summed E-state index contributed by atoms with van der Waals surface area (Å²) in [5, 5.41) is 22.9. The number of nitro groups is 1. The van der Waals surface area contributed by atoms with Gasteiger partial charge in [-0.15, -0.1) is 0 Å². The van der Waals surface area contributed by atoms with Crippen LogP contribution < -0.4 is 5.32 Å². The molecule has 2 rings (SSSR count). The summed E-state index contributed by atoms with van der Waals surface area (Å²) < 4.78 is 5.06. The average Bonchev–Trinajstić information content (AvgIpc) is 2.29. The molecular weight excluding hydrogens is 262 g/mol. The predicted octanol–water partition coefficient (Wildman–Crippen LogP) is 1.06. The quantitative estimate of drug-likeness (QED) is 0.615. The maximum absolute atomic E-state index is 10.5. The average molecular weight is 274 g/mol. The van der Waals surface area contributed by atoms with Crippen molar-refractivity contribution in [2.75, 3.05) is 31.7 Å². The van der Waals surface area contributed by atoms with Gasteiger partial charge in [0.1, 0.15) is 12.0 Å². The zero-order chi connectivity index (χ0) is 13.2. The van der Waals surface area contributed by atoms with Gasteiger partial charge in [0.15, 0.2) is 0 Å². The molecule has 2 heterocycles. The van der Waals surface area contributed by atoms with Crippen molar-refractivity contribution in [1.29, 1.82) is 0 Å². The van der Waals surface area contributed by atoms with Gasteiger partial charge in [-0.1, -0.05) is 11.6 Å². The van der Waals surface area contributed by atoms with Crippen molar-refractivity contribution in [3.05, 3.63) is 27.4 Å². The number of aliphatic hydroxyl groups is 1. The number of hydrogen-bond acceptors (Lipinski definition) is 6. The normalized spacial score (nSPS) is 17.0. The standard InChI is InChI=1S/C10H12ClN3O4/c11-8-1-7(14(16)17)2-12-9(8)13-3-10(4-15)5-18-6-10/h1-2,15H,3-6H2,(H,12,13). The predicted molar refractivity (Wildman–Crippen MR) is 64.7 cm³/mol. The summed E-state index contributed by atoms with van der Waals surface area (Å²) >= 11 is 5.88. The van der Waals surface area contributed by atoms with E-state index < -0.39 is 4.92 Å². The molecule has 0 aliphatic carbocycles. The van der Waals surface area contributed by atoms with E-state index in [0.29, 0.717) is 25.6 Å². The van der Waals surface area contributed by atoms with E-state index >= 15 is 0 Å². The summed E-state index contributed by atoms with van der Waals surface area (Å²) in [6.07, 6.45) is 1.14. The number of rotatable bonds is 5. The third-order valence-electron chi connectivity index (χ3n) is 2.82. The van der Waals surface area contributed by atoms with Gasteiger partial charge in [-0.05, 0) is 0 Å². The molecule has 0 unspecified atom stereocenters. The molecule has 0 aromatic carbocycles. The number of aromatic nitrogens is 1. The molecule has 8 heteroatoms. The molecule has 98 valence electrons. The lowest BCUT2D eigenvalue weighted by atomic mass is 9.87. The Morgan fingerprint density at radius 1 is 1.67 bits per heavy atom. The van der Waals surface area contributed by atoms with Crippen molar-refractivity contribution >= 4 is 23.1 Å². The van der Waals surface area contributed by atoms with E-state index in [9.17, 15) is 15.2 Å². The largest absolute Gasteiger partial charge is 0.396 e. The van der Waals surface area contributed by atoms with Gasteiger partial charge in [-0.25, -0.2) is 4.98 Å². The van der Waals surface area contributed by atoms with E-state index in [0.717, 1.165) is 6.20 Å². The Balaban J connectivity index is 2.03. The maximum Gasteiger partial charge on any atom is 0.289 e. The van der Waals surface area contributed by atoms with Crippen molar-refractivity contribution in [2.45, 2.75) is 0 Å². The lowest BCUT2D eigenvalue weighted by Gasteiger charge is -2.39. The first-order valence-electron chi connectivity index (χ1n) is 5.29. The molecule has 1 aliphatic heterocycles. The number of aliphatic hydroxyl groups excluding tert-OH is 1. The van der Waals surface area contributed by atoms with Crippen LogP contribution in [0.5, 0.6) is 0 Å². The fourth-order valence-corrected chi connectivity index (χ4v) is 1.80. The third-order valence-corrected chi connectivity index (χ3v) is 3.11. The lowest BCUT2D eigenvalue weighted by molar-refractivity contribution is -0.385. The molecule has 0 amide bonds. The highest BCUT2D eigenvalue weighted by Gasteiger charge is 2.38. The summed E-state index contributed by atoms with van der Waals surface area (Å²) in [4.78, 5) is 13.9.